The second-order valence-electron chi connectivity index (χ2n) is 7.85. The average Bonchev–Trinajstić information content (AvgIpc) is 3.51. The lowest BCUT2D eigenvalue weighted by atomic mass is 10.0. The van der Waals surface area contributed by atoms with Gasteiger partial charge in [-0.1, -0.05) is 29.7 Å². The topological polar surface area (TPSA) is 64.0 Å². The first-order valence-corrected chi connectivity index (χ1v) is 10.2. The largest absolute Gasteiger partial charge is 0.386 e. The lowest BCUT2D eigenvalue weighted by Gasteiger charge is -2.42. The van der Waals surface area contributed by atoms with E-state index in [9.17, 15) is 19.4 Å². The number of hydrogen-bond acceptors (Lipinski definition) is 4. The van der Waals surface area contributed by atoms with Gasteiger partial charge in [-0.2, -0.15) is 0 Å². The number of nitrogens with zero attached hydrogens (tertiary/aromatic N) is 2. The smallest absolute Gasteiger partial charge is 0.254 e. The number of carbonyl (C=O) groups is 1. The molecule has 2 N–H and O–H groups in total. The molecule has 7 heteroatoms. The van der Waals surface area contributed by atoms with E-state index < -0.39 is 23.7 Å². The third-order valence-electron chi connectivity index (χ3n) is 5.83. The number of halogens is 2. The molecule has 2 aromatic carbocycles. The molecule has 1 aliphatic heterocycles. The highest BCUT2D eigenvalue weighted by atomic mass is 35.5. The van der Waals surface area contributed by atoms with Crippen LogP contribution in [0.25, 0.3) is 11.1 Å². The zero-order valence-electron chi connectivity index (χ0n) is 16.3. The van der Waals surface area contributed by atoms with Gasteiger partial charge in [-0.3, -0.25) is 9.69 Å². The van der Waals surface area contributed by atoms with Crippen LogP contribution in [0.3, 0.4) is 0 Å². The van der Waals surface area contributed by atoms with Crippen LogP contribution in [0.1, 0.15) is 23.2 Å². The maximum absolute atomic E-state index is 14.1. The van der Waals surface area contributed by atoms with Crippen LogP contribution >= 0.6 is 11.6 Å². The molecular weight excluding hydrogens is 407 g/mol. The van der Waals surface area contributed by atoms with Gasteiger partial charge in [0.25, 0.3) is 5.91 Å². The number of benzene rings is 2. The van der Waals surface area contributed by atoms with Gasteiger partial charge in [0, 0.05) is 35.8 Å². The first-order valence-electron chi connectivity index (χ1n) is 9.79. The minimum atomic E-state index is -1.06. The molecule has 0 bridgehead atoms. The van der Waals surface area contributed by atoms with E-state index in [1.54, 1.807) is 46.2 Å². The molecule has 0 aromatic heterocycles. The minimum absolute atomic E-state index is 0.222. The molecule has 30 heavy (non-hydrogen) atoms. The number of amides is 1. The van der Waals surface area contributed by atoms with Gasteiger partial charge in [-0.25, -0.2) is 4.39 Å². The van der Waals surface area contributed by atoms with E-state index in [-0.39, 0.29) is 5.91 Å². The Balaban J connectivity index is 1.48. The van der Waals surface area contributed by atoms with Crippen LogP contribution in [0.4, 0.5) is 4.39 Å². The number of aliphatic hydroxyl groups is 2. The van der Waals surface area contributed by atoms with Gasteiger partial charge in [0.15, 0.2) is 0 Å². The van der Waals surface area contributed by atoms with Gasteiger partial charge >= 0.3 is 0 Å². The first-order chi connectivity index (χ1) is 14.3. The van der Waals surface area contributed by atoms with E-state index in [0.717, 1.165) is 0 Å². The molecule has 2 atom stereocenters. The molecule has 2 aromatic rings. The van der Waals surface area contributed by atoms with Crippen molar-refractivity contribution in [1.82, 2.24) is 9.80 Å². The maximum Gasteiger partial charge on any atom is 0.254 e. The summed E-state index contributed by atoms with van der Waals surface area (Å²) in [4.78, 5) is 16.3. The van der Waals surface area contributed by atoms with Crippen molar-refractivity contribution in [2.75, 3.05) is 19.6 Å². The van der Waals surface area contributed by atoms with Crippen molar-refractivity contribution in [3.05, 3.63) is 58.9 Å². The van der Waals surface area contributed by atoms with Gasteiger partial charge in [0.2, 0.25) is 0 Å². The van der Waals surface area contributed by atoms with Crippen molar-refractivity contribution in [2.45, 2.75) is 30.7 Å². The van der Waals surface area contributed by atoms with Crippen LogP contribution < -0.4 is 0 Å². The Labute approximate surface area is 179 Å². The van der Waals surface area contributed by atoms with Gasteiger partial charge in [-0.05, 0) is 48.7 Å². The normalized spacial score (nSPS) is 21.7. The molecule has 1 amide bonds. The molecule has 2 fully saturated rings. The molecule has 1 saturated carbocycles. The minimum Gasteiger partial charge on any atom is -0.386 e. The zero-order valence-corrected chi connectivity index (χ0v) is 17.0. The summed E-state index contributed by atoms with van der Waals surface area (Å²) < 4.78 is 14.1. The SMILES string of the molecule is C#C[C@@H]1CN(C(O)C2(O)CC2)CCN1C(=O)c1ccc(-c2ccc(Cl)cc2F)cc1. The summed E-state index contributed by atoms with van der Waals surface area (Å²) in [6, 6.07) is 10.6. The summed E-state index contributed by atoms with van der Waals surface area (Å²) in [6.07, 6.45) is 5.81. The van der Waals surface area contributed by atoms with Crippen molar-refractivity contribution >= 4 is 17.5 Å². The molecule has 0 radical (unpaired) electrons. The second kappa shape index (κ2) is 8.01. The number of rotatable bonds is 4. The number of aliphatic hydroxyl groups excluding tert-OH is 1. The second-order valence-corrected chi connectivity index (χ2v) is 8.29. The summed E-state index contributed by atoms with van der Waals surface area (Å²) in [6.45, 7) is 1.05. The molecule has 0 spiro atoms. The highest BCUT2D eigenvalue weighted by molar-refractivity contribution is 6.30. The lowest BCUT2D eigenvalue weighted by Crippen LogP contribution is -2.59. The fraction of sp³-hybridized carbons (Fsp3) is 0.348. The number of hydrogen-bond donors (Lipinski definition) is 2. The van der Waals surface area contributed by atoms with Crippen LogP contribution in [0, 0.1) is 18.2 Å². The molecule has 1 unspecified atom stereocenters. The fourth-order valence-corrected chi connectivity index (χ4v) is 3.98. The number of carbonyl (C=O) groups excluding carboxylic acids is 1. The molecule has 1 saturated heterocycles. The predicted octanol–water partition coefficient (Wildman–Crippen LogP) is 2.75. The van der Waals surface area contributed by atoms with Gasteiger partial charge in [-0.15, -0.1) is 6.42 Å². The Hall–Kier alpha value is -2.43. The van der Waals surface area contributed by atoms with Crippen LogP contribution in [-0.2, 0) is 0 Å². The zero-order chi connectivity index (χ0) is 21.5. The summed E-state index contributed by atoms with van der Waals surface area (Å²) in [5.74, 6) is 1.97. The van der Waals surface area contributed by atoms with Crippen LogP contribution in [0.2, 0.25) is 5.02 Å². The molecular formula is C23H22ClFN2O3. The average molecular weight is 429 g/mol. The molecule has 5 nitrogen and oxygen atoms in total. The highest BCUT2D eigenvalue weighted by Crippen LogP contribution is 2.40. The van der Waals surface area contributed by atoms with E-state index in [1.165, 1.54) is 6.07 Å². The standard InChI is InChI=1S/C23H22ClFN2O3/c1-2-18-14-26(22(29)23(30)9-10-23)11-12-27(18)21(28)16-5-3-15(4-6-16)19-8-7-17(24)13-20(19)25/h1,3-8,13,18,22,29-30H,9-12,14H2/t18-,22?/m1/s1. The van der Waals surface area contributed by atoms with E-state index in [2.05, 4.69) is 5.92 Å². The van der Waals surface area contributed by atoms with Crippen LogP contribution in [0.5, 0.6) is 0 Å². The van der Waals surface area contributed by atoms with Gasteiger partial charge < -0.3 is 15.1 Å². The Kier molecular flexibility index (Phi) is 5.56. The van der Waals surface area contributed by atoms with Crippen molar-refractivity contribution in [2.24, 2.45) is 0 Å². The van der Waals surface area contributed by atoms with E-state index in [4.69, 9.17) is 18.0 Å². The van der Waals surface area contributed by atoms with Crippen molar-refractivity contribution in [3.8, 4) is 23.5 Å². The van der Waals surface area contributed by atoms with Crippen LogP contribution in [0.15, 0.2) is 42.5 Å². The summed E-state index contributed by atoms with van der Waals surface area (Å²) >= 11 is 5.80. The fourth-order valence-electron chi connectivity index (χ4n) is 3.82. The molecule has 4 rings (SSSR count). The maximum atomic E-state index is 14.1. The van der Waals surface area contributed by atoms with Gasteiger partial charge in [0.05, 0.1) is 0 Å². The Morgan fingerprint density at radius 2 is 1.93 bits per heavy atom. The molecule has 1 aliphatic carbocycles. The van der Waals surface area contributed by atoms with E-state index in [0.29, 0.717) is 54.2 Å². The first kappa shape index (κ1) is 20.8. The van der Waals surface area contributed by atoms with Crippen LogP contribution in [-0.4, -0.2) is 63.4 Å². The third-order valence-corrected chi connectivity index (χ3v) is 6.06. The summed E-state index contributed by atoms with van der Waals surface area (Å²) in [7, 11) is 0. The van der Waals surface area contributed by atoms with Crippen molar-refractivity contribution in [3.63, 3.8) is 0 Å². The quantitative estimate of drug-likeness (QED) is 0.735. The number of terminal acetylenes is 1. The Morgan fingerprint density at radius 3 is 2.53 bits per heavy atom. The summed E-state index contributed by atoms with van der Waals surface area (Å²) in [5, 5.41) is 20.9. The number of piperazine rings is 1. The Morgan fingerprint density at radius 1 is 1.23 bits per heavy atom. The summed E-state index contributed by atoms with van der Waals surface area (Å²) in [5.41, 5.74) is 0.432. The van der Waals surface area contributed by atoms with Crippen molar-refractivity contribution < 1.29 is 19.4 Å². The molecule has 2 aliphatic rings. The molecule has 1 heterocycles. The Bertz CT molecular complexity index is 1000. The van der Waals surface area contributed by atoms with E-state index in [1.807, 2.05) is 0 Å². The lowest BCUT2D eigenvalue weighted by molar-refractivity contribution is -0.112. The van der Waals surface area contributed by atoms with Crippen molar-refractivity contribution in [1.29, 1.82) is 0 Å². The van der Waals surface area contributed by atoms with E-state index >= 15 is 0 Å². The predicted molar refractivity (Wildman–Crippen MR) is 112 cm³/mol. The molecule has 156 valence electrons. The monoisotopic (exact) mass is 428 g/mol. The third kappa shape index (κ3) is 3.94. The highest BCUT2D eigenvalue weighted by Gasteiger charge is 2.50. The van der Waals surface area contributed by atoms with Gasteiger partial charge in [0.1, 0.15) is 23.7 Å².